The topological polar surface area (TPSA) is 73.1 Å². The van der Waals surface area contributed by atoms with E-state index in [1.54, 1.807) is 13.2 Å². The lowest BCUT2D eigenvalue weighted by atomic mass is 9.95. The second kappa shape index (κ2) is 7.06. The van der Waals surface area contributed by atoms with Gasteiger partial charge in [-0.15, -0.1) is 0 Å². The van der Waals surface area contributed by atoms with E-state index in [1.165, 1.54) is 6.33 Å². The van der Waals surface area contributed by atoms with Crippen molar-refractivity contribution < 1.29 is 4.74 Å². The van der Waals surface area contributed by atoms with E-state index < -0.39 is 0 Å². The number of aromatic nitrogens is 2. The second-order valence-electron chi connectivity index (χ2n) is 4.07. The molecule has 0 amide bonds. The van der Waals surface area contributed by atoms with Crippen molar-refractivity contribution in [3.63, 3.8) is 0 Å². The molecule has 17 heavy (non-hydrogen) atoms. The third kappa shape index (κ3) is 4.19. The number of nitrogens with zero attached hydrogens (tertiary/aromatic N) is 2. The Morgan fingerprint density at radius 1 is 1.35 bits per heavy atom. The van der Waals surface area contributed by atoms with Gasteiger partial charge in [0.2, 0.25) is 5.88 Å². The van der Waals surface area contributed by atoms with Crippen LogP contribution < -0.4 is 15.8 Å². The zero-order valence-electron chi connectivity index (χ0n) is 10.8. The average Bonchev–Trinajstić information content (AvgIpc) is 2.38. The quantitative estimate of drug-likeness (QED) is 0.755. The van der Waals surface area contributed by atoms with Crippen molar-refractivity contribution in [1.29, 1.82) is 0 Å². The van der Waals surface area contributed by atoms with Crippen molar-refractivity contribution in [2.24, 2.45) is 11.7 Å². The van der Waals surface area contributed by atoms with Crippen LogP contribution in [0.15, 0.2) is 12.4 Å². The predicted molar refractivity (Wildman–Crippen MR) is 69.1 cm³/mol. The van der Waals surface area contributed by atoms with Crippen LogP contribution in [-0.2, 0) is 0 Å². The summed E-state index contributed by atoms with van der Waals surface area (Å²) in [5.41, 5.74) is 6.12. The summed E-state index contributed by atoms with van der Waals surface area (Å²) in [6, 6.07) is 1.91. The standard InChI is InChI=1S/C12H22N4O/c1-4-9(5-2)10(13)7-14-11-6-12(17-3)16-8-15-11/h6,8-10H,4-5,7,13H2,1-3H3,(H,14,15,16). The number of nitrogens with one attached hydrogen (secondary N) is 1. The first kappa shape index (κ1) is 13.7. The molecule has 1 aromatic rings. The molecule has 0 spiro atoms. The Kier molecular flexibility index (Phi) is 5.69. The number of hydrogen-bond donors (Lipinski definition) is 2. The molecule has 0 aliphatic rings. The largest absolute Gasteiger partial charge is 0.481 e. The van der Waals surface area contributed by atoms with Gasteiger partial charge in [0, 0.05) is 18.7 Å². The van der Waals surface area contributed by atoms with Crippen molar-refractivity contribution in [2.45, 2.75) is 32.7 Å². The normalized spacial score (nSPS) is 12.5. The van der Waals surface area contributed by atoms with Gasteiger partial charge in [0.15, 0.2) is 0 Å². The van der Waals surface area contributed by atoms with E-state index >= 15 is 0 Å². The Morgan fingerprint density at radius 2 is 2.06 bits per heavy atom. The van der Waals surface area contributed by atoms with Crippen molar-refractivity contribution in [1.82, 2.24) is 9.97 Å². The van der Waals surface area contributed by atoms with Gasteiger partial charge in [0.05, 0.1) is 7.11 Å². The summed E-state index contributed by atoms with van der Waals surface area (Å²) in [6.07, 6.45) is 3.68. The summed E-state index contributed by atoms with van der Waals surface area (Å²) >= 11 is 0. The molecule has 3 N–H and O–H groups in total. The summed E-state index contributed by atoms with van der Waals surface area (Å²) in [7, 11) is 1.59. The smallest absolute Gasteiger partial charge is 0.218 e. The van der Waals surface area contributed by atoms with Crippen LogP contribution in [-0.4, -0.2) is 29.7 Å². The Morgan fingerprint density at radius 3 is 2.65 bits per heavy atom. The molecule has 0 radical (unpaired) electrons. The second-order valence-corrected chi connectivity index (χ2v) is 4.07. The molecule has 96 valence electrons. The molecule has 0 saturated carbocycles. The van der Waals surface area contributed by atoms with Crippen LogP contribution in [0.2, 0.25) is 0 Å². The average molecular weight is 238 g/mol. The Labute approximate surface area is 103 Å². The van der Waals surface area contributed by atoms with E-state index in [0.717, 1.165) is 18.7 Å². The van der Waals surface area contributed by atoms with E-state index in [9.17, 15) is 0 Å². The molecule has 0 aromatic carbocycles. The molecule has 1 rings (SSSR count). The fourth-order valence-electron chi connectivity index (χ4n) is 1.83. The molecule has 0 saturated heterocycles. The molecule has 0 fully saturated rings. The SMILES string of the molecule is CCC(CC)C(N)CNc1cc(OC)ncn1. The Bertz CT molecular complexity index is 328. The number of methoxy groups -OCH3 is 1. The minimum Gasteiger partial charge on any atom is -0.481 e. The van der Waals surface area contributed by atoms with Gasteiger partial charge >= 0.3 is 0 Å². The fraction of sp³-hybridized carbons (Fsp3) is 0.667. The highest BCUT2D eigenvalue weighted by atomic mass is 16.5. The van der Waals surface area contributed by atoms with Gasteiger partial charge < -0.3 is 15.8 Å². The molecular formula is C12H22N4O. The number of hydrogen-bond acceptors (Lipinski definition) is 5. The molecule has 1 atom stereocenters. The van der Waals surface area contributed by atoms with Gasteiger partial charge in [0.1, 0.15) is 12.1 Å². The molecule has 1 heterocycles. The van der Waals surface area contributed by atoms with Gasteiger partial charge in [0.25, 0.3) is 0 Å². The minimum absolute atomic E-state index is 0.144. The zero-order chi connectivity index (χ0) is 12.7. The van der Waals surface area contributed by atoms with Crippen LogP contribution in [0.1, 0.15) is 26.7 Å². The minimum atomic E-state index is 0.144. The van der Waals surface area contributed by atoms with E-state index in [0.29, 0.717) is 18.3 Å². The first-order valence-corrected chi connectivity index (χ1v) is 6.06. The monoisotopic (exact) mass is 238 g/mol. The number of ether oxygens (including phenoxy) is 1. The van der Waals surface area contributed by atoms with Crippen molar-refractivity contribution in [3.05, 3.63) is 12.4 Å². The lowest BCUT2D eigenvalue weighted by Gasteiger charge is -2.21. The first-order chi connectivity index (χ1) is 8.21. The van der Waals surface area contributed by atoms with E-state index in [4.69, 9.17) is 10.5 Å². The summed E-state index contributed by atoms with van der Waals surface area (Å²) in [4.78, 5) is 8.06. The predicted octanol–water partition coefficient (Wildman–Crippen LogP) is 1.66. The molecule has 1 unspecified atom stereocenters. The maximum atomic E-state index is 6.12. The van der Waals surface area contributed by atoms with Gasteiger partial charge in [-0.1, -0.05) is 26.7 Å². The highest BCUT2D eigenvalue weighted by Crippen LogP contribution is 2.13. The van der Waals surface area contributed by atoms with Crippen LogP contribution >= 0.6 is 0 Å². The lowest BCUT2D eigenvalue weighted by molar-refractivity contribution is 0.396. The van der Waals surface area contributed by atoms with Gasteiger partial charge in [-0.25, -0.2) is 9.97 Å². The maximum absolute atomic E-state index is 6.12. The fourth-order valence-corrected chi connectivity index (χ4v) is 1.83. The van der Waals surface area contributed by atoms with E-state index in [2.05, 4.69) is 29.1 Å². The highest BCUT2D eigenvalue weighted by Gasteiger charge is 2.13. The molecule has 0 aliphatic heterocycles. The van der Waals surface area contributed by atoms with Crippen LogP contribution in [0, 0.1) is 5.92 Å². The van der Waals surface area contributed by atoms with Crippen LogP contribution in [0.5, 0.6) is 5.88 Å². The number of nitrogens with two attached hydrogens (primary N) is 1. The van der Waals surface area contributed by atoms with Crippen molar-refractivity contribution in [3.8, 4) is 5.88 Å². The third-order valence-corrected chi connectivity index (χ3v) is 3.02. The summed E-state index contributed by atoms with van der Waals surface area (Å²) in [5, 5.41) is 3.21. The Hall–Kier alpha value is -1.36. The van der Waals surface area contributed by atoms with E-state index in [1.807, 2.05) is 0 Å². The number of rotatable bonds is 7. The van der Waals surface area contributed by atoms with Crippen LogP contribution in [0.3, 0.4) is 0 Å². The maximum Gasteiger partial charge on any atom is 0.218 e. The molecule has 0 bridgehead atoms. The summed E-state index contributed by atoms with van der Waals surface area (Å²) in [5.74, 6) is 1.85. The molecular weight excluding hydrogens is 216 g/mol. The van der Waals surface area contributed by atoms with Crippen molar-refractivity contribution in [2.75, 3.05) is 19.0 Å². The first-order valence-electron chi connectivity index (χ1n) is 6.06. The molecule has 0 aliphatic carbocycles. The molecule has 5 nitrogen and oxygen atoms in total. The van der Waals surface area contributed by atoms with Gasteiger partial charge in [-0.2, -0.15) is 0 Å². The van der Waals surface area contributed by atoms with Gasteiger partial charge in [-0.3, -0.25) is 0 Å². The molecule has 5 heteroatoms. The lowest BCUT2D eigenvalue weighted by Crippen LogP contribution is -2.36. The van der Waals surface area contributed by atoms with E-state index in [-0.39, 0.29) is 6.04 Å². The van der Waals surface area contributed by atoms with Gasteiger partial charge in [-0.05, 0) is 5.92 Å². The van der Waals surface area contributed by atoms with Crippen LogP contribution in [0.4, 0.5) is 5.82 Å². The van der Waals surface area contributed by atoms with Crippen molar-refractivity contribution >= 4 is 5.82 Å². The van der Waals surface area contributed by atoms with Crippen LogP contribution in [0.25, 0.3) is 0 Å². The third-order valence-electron chi connectivity index (χ3n) is 3.02. The summed E-state index contributed by atoms with van der Waals surface area (Å²) < 4.78 is 5.03. The molecule has 1 aromatic heterocycles. The summed E-state index contributed by atoms with van der Waals surface area (Å²) in [6.45, 7) is 5.05. The highest BCUT2D eigenvalue weighted by molar-refractivity contribution is 5.37. The Balaban J connectivity index is 2.49. The zero-order valence-corrected chi connectivity index (χ0v) is 10.8. The number of anilines is 1.